The molecule has 0 amide bonds. The van der Waals surface area contributed by atoms with E-state index in [4.69, 9.17) is 11.6 Å². The van der Waals surface area contributed by atoms with Gasteiger partial charge < -0.3 is 10.2 Å². The molecule has 19 heavy (non-hydrogen) atoms. The lowest BCUT2D eigenvalue weighted by atomic mass is 10.2. The van der Waals surface area contributed by atoms with Crippen LogP contribution in [0.5, 0.6) is 0 Å². The van der Waals surface area contributed by atoms with Gasteiger partial charge >= 0.3 is 0 Å². The maximum absolute atomic E-state index is 11.7. The summed E-state index contributed by atoms with van der Waals surface area (Å²) in [5, 5.41) is 3.73. The number of sulfone groups is 1. The van der Waals surface area contributed by atoms with Crippen LogP contribution in [0.4, 0.5) is 0 Å². The number of halogens is 1. The Morgan fingerprint density at radius 2 is 2.00 bits per heavy atom. The largest absolute Gasteiger partial charge is 0.311 e. The molecule has 0 aliphatic heterocycles. The second-order valence-corrected chi connectivity index (χ2v) is 7.32. The SMILES string of the molecule is CC(CNCc1c(Cl)cccc1S(C)(=O)=O)N(C)C. The Bertz CT molecular complexity index is 529. The zero-order valence-electron chi connectivity index (χ0n) is 11.8. The van der Waals surface area contributed by atoms with Crippen molar-refractivity contribution in [3.05, 3.63) is 28.8 Å². The van der Waals surface area contributed by atoms with E-state index in [-0.39, 0.29) is 0 Å². The molecule has 1 rings (SSSR count). The summed E-state index contributed by atoms with van der Waals surface area (Å²) in [6.45, 7) is 3.30. The summed E-state index contributed by atoms with van der Waals surface area (Å²) in [5.41, 5.74) is 0.637. The number of rotatable bonds is 6. The van der Waals surface area contributed by atoms with E-state index in [0.29, 0.717) is 28.1 Å². The average molecular weight is 305 g/mol. The summed E-state index contributed by atoms with van der Waals surface area (Å²) < 4.78 is 23.4. The number of benzene rings is 1. The molecule has 0 fully saturated rings. The molecule has 0 aliphatic rings. The molecule has 0 saturated heterocycles. The summed E-state index contributed by atoms with van der Waals surface area (Å²) >= 11 is 6.10. The smallest absolute Gasteiger partial charge is 0.175 e. The normalized spacial score (nSPS) is 13.8. The first-order valence-electron chi connectivity index (χ1n) is 6.08. The zero-order chi connectivity index (χ0) is 14.6. The third-order valence-electron chi connectivity index (χ3n) is 3.10. The van der Waals surface area contributed by atoms with E-state index in [0.717, 1.165) is 6.54 Å². The molecule has 1 N–H and O–H groups in total. The highest BCUT2D eigenvalue weighted by Gasteiger charge is 2.15. The third-order valence-corrected chi connectivity index (χ3v) is 4.63. The number of hydrogen-bond donors (Lipinski definition) is 1. The topological polar surface area (TPSA) is 49.4 Å². The van der Waals surface area contributed by atoms with E-state index in [9.17, 15) is 8.42 Å². The fourth-order valence-corrected chi connectivity index (χ4v) is 2.90. The van der Waals surface area contributed by atoms with Crippen LogP contribution in [-0.2, 0) is 16.4 Å². The maximum Gasteiger partial charge on any atom is 0.175 e. The van der Waals surface area contributed by atoms with E-state index in [1.807, 2.05) is 14.1 Å². The van der Waals surface area contributed by atoms with Crippen molar-refractivity contribution in [1.82, 2.24) is 10.2 Å². The van der Waals surface area contributed by atoms with E-state index in [1.54, 1.807) is 18.2 Å². The Hall–Kier alpha value is -0.620. The molecule has 1 aromatic carbocycles. The molecule has 108 valence electrons. The van der Waals surface area contributed by atoms with Crippen LogP contribution in [0, 0.1) is 0 Å². The summed E-state index contributed by atoms with van der Waals surface area (Å²) in [7, 11) is 0.750. The lowest BCUT2D eigenvalue weighted by molar-refractivity contribution is 0.302. The van der Waals surface area contributed by atoms with Gasteiger partial charge in [0.2, 0.25) is 0 Å². The highest BCUT2D eigenvalue weighted by molar-refractivity contribution is 7.90. The predicted molar refractivity (Wildman–Crippen MR) is 79.4 cm³/mol. The van der Waals surface area contributed by atoms with E-state index >= 15 is 0 Å². The first kappa shape index (κ1) is 16.4. The van der Waals surface area contributed by atoms with Crippen molar-refractivity contribution in [2.75, 3.05) is 26.9 Å². The standard InChI is InChI=1S/C13H21ClN2O2S/c1-10(16(2)3)8-15-9-11-12(14)6-5-7-13(11)19(4,17)18/h5-7,10,15H,8-9H2,1-4H3. The Morgan fingerprint density at radius 1 is 1.37 bits per heavy atom. The molecule has 6 heteroatoms. The second-order valence-electron chi connectivity index (χ2n) is 4.93. The molecule has 1 unspecified atom stereocenters. The molecular formula is C13H21ClN2O2S. The minimum atomic E-state index is -3.26. The van der Waals surface area contributed by atoms with Crippen LogP contribution in [-0.4, -0.2) is 46.3 Å². The molecular weight excluding hydrogens is 284 g/mol. The number of nitrogens with one attached hydrogen (secondary N) is 1. The van der Waals surface area contributed by atoms with E-state index in [2.05, 4.69) is 17.1 Å². The average Bonchev–Trinajstić information content (AvgIpc) is 2.29. The Morgan fingerprint density at radius 3 is 2.53 bits per heavy atom. The van der Waals surface area contributed by atoms with Gasteiger partial charge in [-0.3, -0.25) is 0 Å². The predicted octanol–water partition coefficient (Wildman–Crippen LogP) is 1.78. The second kappa shape index (κ2) is 6.70. The van der Waals surface area contributed by atoms with Crippen LogP contribution in [0.15, 0.2) is 23.1 Å². The molecule has 0 aromatic heterocycles. The Kier molecular flexibility index (Phi) is 5.80. The quantitative estimate of drug-likeness (QED) is 0.870. The minimum Gasteiger partial charge on any atom is -0.311 e. The van der Waals surface area contributed by atoms with Crippen LogP contribution in [0.1, 0.15) is 12.5 Å². The molecule has 1 aromatic rings. The lowest BCUT2D eigenvalue weighted by Gasteiger charge is -2.20. The van der Waals surface area contributed by atoms with Crippen LogP contribution < -0.4 is 5.32 Å². The van der Waals surface area contributed by atoms with Gasteiger partial charge in [0.1, 0.15) is 0 Å². The van der Waals surface area contributed by atoms with Gasteiger partial charge in [-0.15, -0.1) is 0 Å². The lowest BCUT2D eigenvalue weighted by Crippen LogP contribution is -2.35. The summed E-state index contributed by atoms with van der Waals surface area (Å²) in [4.78, 5) is 2.39. The molecule has 0 spiro atoms. The van der Waals surface area contributed by atoms with Crippen molar-refractivity contribution < 1.29 is 8.42 Å². The number of nitrogens with zero attached hydrogens (tertiary/aromatic N) is 1. The van der Waals surface area contributed by atoms with Gasteiger partial charge in [0.05, 0.1) is 4.90 Å². The molecule has 0 heterocycles. The van der Waals surface area contributed by atoms with Crippen molar-refractivity contribution >= 4 is 21.4 Å². The van der Waals surface area contributed by atoms with Crippen molar-refractivity contribution in [3.8, 4) is 0 Å². The van der Waals surface area contributed by atoms with Gasteiger partial charge in [-0.2, -0.15) is 0 Å². The van der Waals surface area contributed by atoms with Crippen molar-refractivity contribution in [3.63, 3.8) is 0 Å². The molecule has 0 bridgehead atoms. The van der Waals surface area contributed by atoms with Gasteiger partial charge in [-0.25, -0.2) is 8.42 Å². The fourth-order valence-electron chi connectivity index (χ4n) is 1.65. The van der Waals surface area contributed by atoms with Crippen molar-refractivity contribution in [2.24, 2.45) is 0 Å². The van der Waals surface area contributed by atoms with Crippen LogP contribution in [0.3, 0.4) is 0 Å². The summed E-state index contributed by atoms with van der Waals surface area (Å²) in [6.07, 6.45) is 1.20. The Labute approximate surface area is 120 Å². The van der Waals surface area contributed by atoms with Gasteiger partial charge in [0.25, 0.3) is 0 Å². The molecule has 1 atom stereocenters. The number of likely N-dealkylation sites (N-methyl/N-ethyl adjacent to an activating group) is 1. The summed E-state index contributed by atoms with van der Waals surface area (Å²) in [6, 6.07) is 5.32. The highest BCUT2D eigenvalue weighted by Crippen LogP contribution is 2.23. The van der Waals surface area contributed by atoms with Crippen LogP contribution in [0.2, 0.25) is 5.02 Å². The van der Waals surface area contributed by atoms with Gasteiger partial charge in [-0.05, 0) is 33.2 Å². The first-order valence-corrected chi connectivity index (χ1v) is 8.35. The van der Waals surface area contributed by atoms with Crippen molar-refractivity contribution in [2.45, 2.75) is 24.4 Å². The zero-order valence-corrected chi connectivity index (χ0v) is 13.3. The molecule has 4 nitrogen and oxygen atoms in total. The highest BCUT2D eigenvalue weighted by atomic mass is 35.5. The monoisotopic (exact) mass is 304 g/mol. The van der Waals surface area contributed by atoms with Crippen molar-refractivity contribution in [1.29, 1.82) is 0 Å². The van der Waals surface area contributed by atoms with E-state index < -0.39 is 9.84 Å². The van der Waals surface area contributed by atoms with Crippen LogP contribution in [0.25, 0.3) is 0 Å². The Balaban J connectivity index is 2.84. The van der Waals surface area contributed by atoms with Gasteiger partial charge in [0.15, 0.2) is 9.84 Å². The maximum atomic E-state index is 11.7. The fraction of sp³-hybridized carbons (Fsp3) is 0.538. The van der Waals surface area contributed by atoms with Crippen LogP contribution >= 0.6 is 11.6 Å². The number of hydrogen-bond acceptors (Lipinski definition) is 4. The van der Waals surface area contributed by atoms with Gasteiger partial charge in [-0.1, -0.05) is 17.7 Å². The van der Waals surface area contributed by atoms with E-state index in [1.165, 1.54) is 6.26 Å². The summed E-state index contributed by atoms with van der Waals surface area (Å²) in [5.74, 6) is 0. The molecule has 0 saturated carbocycles. The third kappa shape index (κ3) is 4.76. The molecule has 0 radical (unpaired) electrons. The first-order chi connectivity index (χ1) is 8.73. The molecule has 0 aliphatic carbocycles. The minimum absolute atomic E-state index is 0.296. The van der Waals surface area contributed by atoms with Gasteiger partial charge in [0, 0.05) is 36.0 Å².